The first-order chi connectivity index (χ1) is 12.7. The van der Waals surface area contributed by atoms with Crippen molar-refractivity contribution in [2.75, 3.05) is 0 Å². The largest absolute Gasteiger partial charge is 0.358 e. The van der Waals surface area contributed by atoms with Crippen molar-refractivity contribution in [2.24, 2.45) is 17.8 Å². The van der Waals surface area contributed by atoms with Crippen molar-refractivity contribution in [1.82, 2.24) is 25.9 Å². The van der Waals surface area contributed by atoms with Crippen LogP contribution in [0.25, 0.3) is 0 Å². The Bertz CT molecular complexity index is 670. The number of carbonyl (C=O) groups excluding carboxylic acids is 1. The van der Waals surface area contributed by atoms with Gasteiger partial charge in [0, 0.05) is 23.8 Å². The topological polar surface area (TPSA) is 71.0 Å². The molecule has 3 N–H and O–H groups in total. The van der Waals surface area contributed by atoms with E-state index in [1.165, 1.54) is 12.8 Å². The molecule has 0 saturated heterocycles. The first-order valence-electron chi connectivity index (χ1n) is 10.1. The quantitative estimate of drug-likeness (QED) is 0.530. The summed E-state index contributed by atoms with van der Waals surface area (Å²) in [6.07, 6.45) is 3.91. The zero-order valence-electron chi connectivity index (χ0n) is 17.6. The number of nitrogens with zero attached hydrogens (tertiary/aromatic N) is 2. The highest BCUT2D eigenvalue weighted by molar-refractivity contribution is 7.80. The van der Waals surface area contributed by atoms with Crippen molar-refractivity contribution in [3.8, 4) is 0 Å². The van der Waals surface area contributed by atoms with Crippen LogP contribution in [-0.2, 0) is 17.8 Å². The van der Waals surface area contributed by atoms with Crippen LogP contribution in [0.2, 0.25) is 0 Å². The molecule has 1 aliphatic rings. The van der Waals surface area contributed by atoms with Gasteiger partial charge >= 0.3 is 0 Å². The summed E-state index contributed by atoms with van der Waals surface area (Å²) in [5.41, 5.74) is 8.54. The lowest BCUT2D eigenvalue weighted by atomic mass is 9.78. The number of carbonyl (C=O) groups is 1. The van der Waals surface area contributed by atoms with Crippen molar-refractivity contribution in [3.05, 3.63) is 17.0 Å². The van der Waals surface area contributed by atoms with Gasteiger partial charge in [-0.1, -0.05) is 40.5 Å². The lowest BCUT2D eigenvalue weighted by Crippen LogP contribution is -2.52. The van der Waals surface area contributed by atoms with E-state index in [0.29, 0.717) is 35.3 Å². The van der Waals surface area contributed by atoms with Crippen LogP contribution in [0.15, 0.2) is 0 Å². The Morgan fingerprint density at radius 1 is 1.26 bits per heavy atom. The molecule has 1 aliphatic carbocycles. The van der Waals surface area contributed by atoms with Gasteiger partial charge in [-0.3, -0.25) is 20.3 Å². The first-order valence-corrected chi connectivity index (χ1v) is 10.5. The molecule has 0 spiro atoms. The molecule has 1 saturated carbocycles. The van der Waals surface area contributed by atoms with Gasteiger partial charge in [0.25, 0.3) is 0 Å². The zero-order chi connectivity index (χ0) is 20.1. The molecule has 0 aliphatic heterocycles. The fourth-order valence-corrected chi connectivity index (χ4v) is 4.04. The van der Waals surface area contributed by atoms with Crippen LogP contribution >= 0.6 is 12.2 Å². The van der Waals surface area contributed by atoms with Crippen molar-refractivity contribution in [2.45, 2.75) is 79.8 Å². The Hall–Kier alpha value is -1.63. The second-order valence-corrected chi connectivity index (χ2v) is 8.83. The summed E-state index contributed by atoms with van der Waals surface area (Å²) >= 11 is 5.36. The summed E-state index contributed by atoms with van der Waals surface area (Å²) in [5.74, 6) is 1.67. The number of nitrogens with one attached hydrogen (secondary N) is 3. The molecular weight excluding hydrogens is 358 g/mol. The van der Waals surface area contributed by atoms with E-state index in [1.807, 2.05) is 18.5 Å². The molecule has 6 nitrogen and oxygen atoms in total. The fraction of sp³-hybridized carbons (Fsp3) is 0.750. The maximum Gasteiger partial charge on any atom is 0.242 e. The highest BCUT2D eigenvalue weighted by atomic mass is 32.1. The maximum absolute atomic E-state index is 12.4. The molecule has 1 heterocycles. The van der Waals surface area contributed by atoms with Crippen LogP contribution in [-0.4, -0.2) is 26.8 Å². The molecular formula is C20H35N5OS. The predicted molar refractivity (Wildman–Crippen MR) is 113 cm³/mol. The van der Waals surface area contributed by atoms with Crippen molar-refractivity contribution < 1.29 is 4.79 Å². The van der Waals surface area contributed by atoms with Gasteiger partial charge in [-0.25, -0.2) is 0 Å². The molecule has 2 rings (SSSR count). The molecule has 152 valence electrons. The molecule has 0 aromatic carbocycles. The Kier molecular flexibility index (Phi) is 7.65. The number of thiocarbonyl (C=S) groups is 1. The molecule has 1 fully saturated rings. The highest BCUT2D eigenvalue weighted by Gasteiger charge is 2.27. The first kappa shape index (κ1) is 21.7. The third kappa shape index (κ3) is 5.92. The van der Waals surface area contributed by atoms with Gasteiger partial charge in [0.15, 0.2) is 5.11 Å². The normalized spacial score (nSPS) is 22.6. The molecule has 1 aromatic heterocycles. The van der Waals surface area contributed by atoms with Crippen LogP contribution in [0, 0.1) is 31.6 Å². The summed E-state index contributed by atoms with van der Waals surface area (Å²) in [6, 6.07) is 0.365. The van der Waals surface area contributed by atoms with E-state index in [2.05, 4.69) is 49.0 Å². The van der Waals surface area contributed by atoms with Crippen molar-refractivity contribution in [1.29, 1.82) is 0 Å². The van der Waals surface area contributed by atoms with Gasteiger partial charge in [0.2, 0.25) is 5.91 Å². The average Bonchev–Trinajstić information content (AvgIpc) is 2.84. The Labute approximate surface area is 168 Å². The second-order valence-electron chi connectivity index (χ2n) is 8.42. The maximum atomic E-state index is 12.4. The van der Waals surface area contributed by atoms with E-state index in [9.17, 15) is 4.79 Å². The van der Waals surface area contributed by atoms with Crippen molar-refractivity contribution in [3.63, 3.8) is 0 Å². The summed E-state index contributed by atoms with van der Waals surface area (Å²) in [6.45, 7) is 13.7. The Balaban J connectivity index is 1.84. The number of hydrogen-bond donors (Lipinski definition) is 3. The van der Waals surface area contributed by atoms with Crippen LogP contribution in [0.4, 0.5) is 0 Å². The number of rotatable bonds is 5. The average molecular weight is 394 g/mol. The number of aromatic nitrogens is 2. The molecule has 0 unspecified atom stereocenters. The van der Waals surface area contributed by atoms with E-state index >= 15 is 0 Å². The predicted octanol–water partition coefficient (Wildman–Crippen LogP) is 3.02. The SMILES string of the molecule is Cc1nn(CC(C)C)c(C)c1CC(=O)NNC(=S)N[C@@H]1CCC[C@H](C)[C@@H]1C. The molecule has 1 amide bonds. The van der Waals surface area contributed by atoms with E-state index in [0.717, 1.165) is 29.9 Å². The number of hydrazine groups is 1. The van der Waals surface area contributed by atoms with Gasteiger partial charge in [0.1, 0.15) is 0 Å². The van der Waals surface area contributed by atoms with E-state index in [-0.39, 0.29) is 5.91 Å². The third-order valence-electron chi connectivity index (χ3n) is 5.75. The zero-order valence-corrected chi connectivity index (χ0v) is 18.4. The Morgan fingerprint density at radius 2 is 1.96 bits per heavy atom. The van der Waals surface area contributed by atoms with Gasteiger partial charge < -0.3 is 5.32 Å². The van der Waals surface area contributed by atoms with Gasteiger partial charge in [-0.15, -0.1) is 0 Å². The summed E-state index contributed by atoms with van der Waals surface area (Å²) < 4.78 is 1.99. The summed E-state index contributed by atoms with van der Waals surface area (Å²) in [4.78, 5) is 12.4. The minimum absolute atomic E-state index is 0.112. The van der Waals surface area contributed by atoms with Crippen LogP contribution in [0.1, 0.15) is 63.9 Å². The summed E-state index contributed by atoms with van der Waals surface area (Å²) in [7, 11) is 0. The smallest absolute Gasteiger partial charge is 0.242 e. The van der Waals surface area contributed by atoms with Crippen molar-refractivity contribution >= 4 is 23.2 Å². The van der Waals surface area contributed by atoms with Crippen LogP contribution < -0.4 is 16.2 Å². The molecule has 3 atom stereocenters. The monoisotopic (exact) mass is 393 g/mol. The minimum atomic E-state index is -0.112. The Morgan fingerprint density at radius 3 is 2.63 bits per heavy atom. The minimum Gasteiger partial charge on any atom is -0.358 e. The van der Waals surface area contributed by atoms with Crippen LogP contribution in [0.3, 0.4) is 0 Å². The van der Waals surface area contributed by atoms with E-state index in [4.69, 9.17) is 12.2 Å². The van der Waals surface area contributed by atoms with Gasteiger partial charge in [0.05, 0.1) is 12.1 Å². The van der Waals surface area contributed by atoms with E-state index in [1.54, 1.807) is 0 Å². The lowest BCUT2D eigenvalue weighted by Gasteiger charge is -2.35. The van der Waals surface area contributed by atoms with Gasteiger partial charge in [-0.05, 0) is 50.2 Å². The van der Waals surface area contributed by atoms with E-state index < -0.39 is 0 Å². The molecule has 27 heavy (non-hydrogen) atoms. The molecule has 0 bridgehead atoms. The lowest BCUT2D eigenvalue weighted by molar-refractivity contribution is -0.121. The fourth-order valence-electron chi connectivity index (χ4n) is 3.83. The molecule has 1 aromatic rings. The number of hydrogen-bond acceptors (Lipinski definition) is 3. The third-order valence-corrected chi connectivity index (χ3v) is 5.97. The number of amides is 1. The summed E-state index contributed by atoms with van der Waals surface area (Å²) in [5, 5.41) is 8.41. The molecule has 7 heteroatoms. The number of aryl methyl sites for hydroxylation is 1. The van der Waals surface area contributed by atoms with Gasteiger partial charge in [-0.2, -0.15) is 5.10 Å². The molecule has 0 radical (unpaired) electrons. The second kappa shape index (κ2) is 9.53. The highest BCUT2D eigenvalue weighted by Crippen LogP contribution is 2.29. The van der Waals surface area contributed by atoms with Crippen LogP contribution in [0.5, 0.6) is 0 Å². The standard InChI is InChI=1S/C20H35N5OS/c1-12(2)11-25-16(6)17(15(5)24-25)10-19(26)22-23-20(27)21-18-9-7-8-13(3)14(18)4/h12-14,18H,7-11H2,1-6H3,(H,22,26)(H2,21,23,27)/t13-,14-,18+/m0/s1.